The molecule has 0 saturated carbocycles. The van der Waals surface area contributed by atoms with Gasteiger partial charge < -0.3 is 5.11 Å². The van der Waals surface area contributed by atoms with Crippen molar-refractivity contribution in [2.75, 3.05) is 0 Å². The van der Waals surface area contributed by atoms with Gasteiger partial charge in [-0.1, -0.05) is 11.6 Å². The first kappa shape index (κ1) is 13.5. The summed E-state index contributed by atoms with van der Waals surface area (Å²) >= 11 is 7.64. The van der Waals surface area contributed by atoms with E-state index in [1.165, 1.54) is 4.88 Å². The first-order valence-electron chi connectivity index (χ1n) is 6.83. The SMILES string of the molecule is O=C(O)c1nn(-c2ccc(Cl)cc2)c2c1CCc1sccc1-2. The molecular formula is C16H11ClN2O2S. The molecule has 0 aliphatic heterocycles. The Balaban J connectivity index is 2.00. The van der Waals surface area contributed by atoms with Crippen molar-refractivity contribution in [2.24, 2.45) is 0 Å². The Morgan fingerprint density at radius 2 is 2.00 bits per heavy atom. The minimum Gasteiger partial charge on any atom is -0.476 e. The molecule has 0 atom stereocenters. The van der Waals surface area contributed by atoms with E-state index in [0.717, 1.165) is 28.9 Å². The fourth-order valence-corrected chi connectivity index (χ4v) is 3.89. The third kappa shape index (κ3) is 1.97. The largest absolute Gasteiger partial charge is 0.476 e. The Bertz CT molecular complexity index is 880. The summed E-state index contributed by atoms with van der Waals surface area (Å²) in [6, 6.07) is 9.30. The highest BCUT2D eigenvalue weighted by Gasteiger charge is 2.29. The molecule has 1 aliphatic carbocycles. The smallest absolute Gasteiger partial charge is 0.356 e. The van der Waals surface area contributed by atoms with Crippen LogP contribution in [-0.2, 0) is 12.8 Å². The molecule has 0 spiro atoms. The van der Waals surface area contributed by atoms with Crippen LogP contribution in [0.2, 0.25) is 5.02 Å². The fraction of sp³-hybridized carbons (Fsp3) is 0.125. The molecule has 22 heavy (non-hydrogen) atoms. The van der Waals surface area contributed by atoms with E-state index in [0.29, 0.717) is 11.4 Å². The molecule has 0 bridgehead atoms. The molecule has 4 nitrogen and oxygen atoms in total. The third-order valence-electron chi connectivity index (χ3n) is 3.86. The molecule has 1 aromatic carbocycles. The van der Waals surface area contributed by atoms with Crippen molar-refractivity contribution in [1.29, 1.82) is 0 Å². The number of aryl methyl sites for hydroxylation is 1. The number of carbonyl (C=O) groups is 1. The number of thiophene rings is 1. The zero-order valence-corrected chi connectivity index (χ0v) is 13.0. The zero-order chi connectivity index (χ0) is 15.3. The summed E-state index contributed by atoms with van der Waals surface area (Å²) < 4.78 is 1.72. The van der Waals surface area contributed by atoms with Gasteiger partial charge in [0.1, 0.15) is 0 Å². The van der Waals surface area contributed by atoms with Gasteiger partial charge in [-0.25, -0.2) is 9.48 Å². The summed E-state index contributed by atoms with van der Waals surface area (Å²) in [5.74, 6) is -0.984. The van der Waals surface area contributed by atoms with Gasteiger partial charge >= 0.3 is 5.97 Å². The van der Waals surface area contributed by atoms with Crippen molar-refractivity contribution in [3.63, 3.8) is 0 Å². The number of aromatic carboxylic acids is 1. The lowest BCUT2D eigenvalue weighted by Crippen LogP contribution is -2.06. The first-order chi connectivity index (χ1) is 10.6. The number of hydrogen-bond acceptors (Lipinski definition) is 3. The van der Waals surface area contributed by atoms with E-state index in [1.54, 1.807) is 28.2 Å². The summed E-state index contributed by atoms with van der Waals surface area (Å²) in [5.41, 5.74) is 3.74. The average Bonchev–Trinajstić information content (AvgIpc) is 3.11. The van der Waals surface area contributed by atoms with Gasteiger partial charge in [-0.05, 0) is 48.6 Å². The molecule has 0 fully saturated rings. The van der Waals surface area contributed by atoms with Crippen molar-refractivity contribution >= 4 is 28.9 Å². The van der Waals surface area contributed by atoms with Crippen LogP contribution in [0, 0.1) is 0 Å². The van der Waals surface area contributed by atoms with Crippen molar-refractivity contribution in [3.05, 3.63) is 56.9 Å². The maximum absolute atomic E-state index is 11.5. The minimum atomic E-state index is -0.984. The molecular weight excluding hydrogens is 320 g/mol. The van der Waals surface area contributed by atoms with Crippen molar-refractivity contribution in [1.82, 2.24) is 9.78 Å². The van der Waals surface area contributed by atoms with Crippen LogP contribution in [0.3, 0.4) is 0 Å². The topological polar surface area (TPSA) is 55.1 Å². The summed E-state index contributed by atoms with van der Waals surface area (Å²) in [5, 5.41) is 16.5. The van der Waals surface area contributed by atoms with Gasteiger partial charge in [0.05, 0.1) is 11.4 Å². The van der Waals surface area contributed by atoms with E-state index in [2.05, 4.69) is 5.10 Å². The summed E-state index contributed by atoms with van der Waals surface area (Å²) in [6.45, 7) is 0. The van der Waals surface area contributed by atoms with Crippen LogP contribution >= 0.6 is 22.9 Å². The predicted molar refractivity (Wildman–Crippen MR) is 86.3 cm³/mol. The van der Waals surface area contributed by atoms with E-state index < -0.39 is 5.97 Å². The average molecular weight is 331 g/mol. The molecule has 0 saturated heterocycles. The molecule has 6 heteroatoms. The standard InChI is InChI=1S/C16H11ClN2O2S/c17-9-1-3-10(4-2-9)19-15-11-7-8-22-13(11)6-5-12(15)14(18-19)16(20)21/h1-4,7-8H,5-6H2,(H,20,21). The van der Waals surface area contributed by atoms with E-state index >= 15 is 0 Å². The Morgan fingerprint density at radius 3 is 2.73 bits per heavy atom. The molecule has 1 aliphatic rings. The highest BCUT2D eigenvalue weighted by Crippen LogP contribution is 2.39. The normalized spacial score (nSPS) is 12.8. The maximum Gasteiger partial charge on any atom is 0.356 e. The highest BCUT2D eigenvalue weighted by molar-refractivity contribution is 7.10. The van der Waals surface area contributed by atoms with Crippen LogP contribution in [0.25, 0.3) is 16.9 Å². The van der Waals surface area contributed by atoms with Gasteiger partial charge in [0.25, 0.3) is 0 Å². The van der Waals surface area contributed by atoms with Crippen LogP contribution in [0.4, 0.5) is 0 Å². The second-order valence-electron chi connectivity index (χ2n) is 5.13. The second kappa shape index (κ2) is 4.97. The molecule has 4 rings (SSSR count). The molecule has 3 aromatic rings. The number of hydrogen-bond donors (Lipinski definition) is 1. The molecule has 0 unspecified atom stereocenters. The number of carboxylic acid groups (broad SMARTS) is 1. The molecule has 110 valence electrons. The van der Waals surface area contributed by atoms with E-state index in [9.17, 15) is 9.90 Å². The van der Waals surface area contributed by atoms with Gasteiger partial charge in [-0.15, -0.1) is 11.3 Å². The van der Waals surface area contributed by atoms with Gasteiger partial charge in [0.15, 0.2) is 5.69 Å². The van der Waals surface area contributed by atoms with Crippen LogP contribution in [0.5, 0.6) is 0 Å². The van der Waals surface area contributed by atoms with Crippen molar-refractivity contribution < 1.29 is 9.90 Å². The number of halogens is 1. The Hall–Kier alpha value is -2.11. The van der Waals surface area contributed by atoms with Crippen molar-refractivity contribution in [3.8, 4) is 16.9 Å². The molecule has 2 aromatic heterocycles. The van der Waals surface area contributed by atoms with Gasteiger partial charge in [-0.2, -0.15) is 5.10 Å². The number of rotatable bonds is 2. The Morgan fingerprint density at radius 1 is 1.23 bits per heavy atom. The lowest BCUT2D eigenvalue weighted by molar-refractivity contribution is 0.0689. The third-order valence-corrected chi connectivity index (χ3v) is 5.09. The Labute approximate surface area is 135 Å². The molecule has 0 amide bonds. The summed E-state index contributed by atoms with van der Waals surface area (Å²) in [6.07, 6.45) is 1.57. The lowest BCUT2D eigenvalue weighted by atomic mass is 9.94. The van der Waals surface area contributed by atoms with Crippen LogP contribution < -0.4 is 0 Å². The number of benzene rings is 1. The van der Waals surface area contributed by atoms with Crippen LogP contribution in [-0.4, -0.2) is 20.9 Å². The number of carboxylic acids is 1. The Kier molecular flexibility index (Phi) is 3.06. The minimum absolute atomic E-state index is 0.141. The molecule has 0 radical (unpaired) electrons. The number of nitrogens with zero attached hydrogens (tertiary/aromatic N) is 2. The van der Waals surface area contributed by atoms with E-state index in [-0.39, 0.29) is 5.69 Å². The van der Waals surface area contributed by atoms with Crippen LogP contribution in [0.15, 0.2) is 35.7 Å². The first-order valence-corrected chi connectivity index (χ1v) is 8.09. The molecule has 2 heterocycles. The van der Waals surface area contributed by atoms with Crippen molar-refractivity contribution in [2.45, 2.75) is 12.8 Å². The fourth-order valence-electron chi connectivity index (χ4n) is 2.89. The van der Waals surface area contributed by atoms with Gasteiger partial charge in [0.2, 0.25) is 0 Å². The maximum atomic E-state index is 11.5. The zero-order valence-electron chi connectivity index (χ0n) is 11.4. The number of aromatic nitrogens is 2. The highest BCUT2D eigenvalue weighted by atomic mass is 35.5. The lowest BCUT2D eigenvalue weighted by Gasteiger charge is -2.15. The van der Waals surface area contributed by atoms with E-state index in [4.69, 9.17) is 11.6 Å². The summed E-state index contributed by atoms with van der Waals surface area (Å²) in [4.78, 5) is 12.8. The number of fused-ring (bicyclic) bond motifs is 3. The second-order valence-corrected chi connectivity index (χ2v) is 6.56. The predicted octanol–water partition coefficient (Wildman–Crippen LogP) is 4.05. The molecule has 1 N–H and O–H groups in total. The van der Waals surface area contributed by atoms with Gasteiger partial charge in [-0.3, -0.25) is 0 Å². The van der Waals surface area contributed by atoms with Gasteiger partial charge in [0, 0.05) is 21.0 Å². The van der Waals surface area contributed by atoms with Crippen LogP contribution in [0.1, 0.15) is 20.9 Å². The quantitative estimate of drug-likeness (QED) is 0.771. The van der Waals surface area contributed by atoms with E-state index in [1.807, 2.05) is 23.6 Å². The monoisotopic (exact) mass is 330 g/mol. The summed E-state index contributed by atoms with van der Waals surface area (Å²) in [7, 11) is 0.